The lowest BCUT2D eigenvalue weighted by Crippen LogP contribution is -2.14. The molecule has 0 aliphatic heterocycles. The van der Waals surface area contributed by atoms with Gasteiger partial charge >= 0.3 is 12.3 Å². The first-order valence-corrected chi connectivity index (χ1v) is 4.45. The highest BCUT2D eigenvalue weighted by Gasteiger charge is 2.31. The van der Waals surface area contributed by atoms with E-state index >= 15 is 0 Å². The first-order chi connectivity index (χ1) is 7.79. The van der Waals surface area contributed by atoms with Gasteiger partial charge < -0.3 is 4.74 Å². The average molecular weight is 246 g/mol. The molecule has 1 rings (SSSR count). The van der Waals surface area contributed by atoms with Gasteiger partial charge in [-0.05, 0) is 13.0 Å². The average Bonchev–Trinajstić information content (AvgIpc) is 2.15. The van der Waals surface area contributed by atoms with E-state index in [0.717, 1.165) is 12.3 Å². The molecular weight excluding hydrogens is 237 g/mol. The van der Waals surface area contributed by atoms with Crippen LogP contribution in [-0.2, 0) is 10.9 Å². The lowest BCUT2D eigenvalue weighted by atomic mass is 10.2. The summed E-state index contributed by atoms with van der Waals surface area (Å²) in [5.74, 6) is 0.127. The third-order valence-electron chi connectivity index (χ3n) is 1.58. The number of alkyl halides is 3. The Bertz CT molecular complexity index is 443. The number of carbonyl (C=O) groups excluding carboxylic acids is 1. The third-order valence-corrected chi connectivity index (χ3v) is 1.58. The van der Waals surface area contributed by atoms with E-state index in [4.69, 9.17) is 0 Å². The summed E-state index contributed by atoms with van der Waals surface area (Å²) in [5, 5.41) is 2.10. The molecule has 0 bridgehead atoms. The quantitative estimate of drug-likeness (QED) is 0.815. The van der Waals surface area contributed by atoms with Crippen molar-refractivity contribution >= 4 is 11.8 Å². The molecule has 92 valence electrons. The number of hydrogen-bond acceptors (Lipinski definition) is 3. The molecule has 0 radical (unpaired) electrons. The van der Waals surface area contributed by atoms with Gasteiger partial charge in [-0.25, -0.2) is 4.79 Å². The van der Waals surface area contributed by atoms with Crippen molar-refractivity contribution in [2.75, 3.05) is 5.32 Å². The van der Waals surface area contributed by atoms with Crippen molar-refractivity contribution in [3.63, 3.8) is 0 Å². The Kier molecular flexibility index (Phi) is 3.72. The lowest BCUT2D eigenvalue weighted by Gasteiger charge is -2.09. The van der Waals surface area contributed by atoms with Gasteiger partial charge in [0.1, 0.15) is 0 Å². The predicted octanol–water partition coefficient (Wildman–Crippen LogP) is 3.18. The van der Waals surface area contributed by atoms with Crippen molar-refractivity contribution < 1.29 is 22.7 Å². The van der Waals surface area contributed by atoms with Crippen LogP contribution in [0.2, 0.25) is 0 Å². The second-order valence-corrected chi connectivity index (χ2v) is 3.18. The molecule has 0 fully saturated rings. The molecule has 1 heterocycles. The van der Waals surface area contributed by atoms with Crippen LogP contribution in [0.25, 0.3) is 0 Å². The second-order valence-electron chi connectivity index (χ2n) is 3.18. The van der Waals surface area contributed by atoms with Crippen LogP contribution in [0.5, 0.6) is 0 Å². The maximum absolute atomic E-state index is 12.3. The molecule has 0 unspecified atom stereocenters. The van der Waals surface area contributed by atoms with Crippen LogP contribution >= 0.6 is 0 Å². The molecule has 0 saturated carbocycles. The monoisotopic (exact) mass is 246 g/mol. The predicted molar refractivity (Wildman–Crippen MR) is 54.2 cm³/mol. The van der Waals surface area contributed by atoms with Crippen molar-refractivity contribution in [2.45, 2.75) is 13.1 Å². The molecule has 0 aliphatic carbocycles. The molecule has 17 heavy (non-hydrogen) atoms. The van der Waals surface area contributed by atoms with Gasteiger partial charge in [0.25, 0.3) is 0 Å². The van der Waals surface area contributed by atoms with E-state index in [-0.39, 0.29) is 11.4 Å². The minimum Gasteiger partial charge on any atom is -0.416 e. The van der Waals surface area contributed by atoms with Crippen molar-refractivity contribution in [3.05, 3.63) is 36.4 Å². The topological polar surface area (TPSA) is 51.2 Å². The highest BCUT2D eigenvalue weighted by atomic mass is 19.4. The zero-order valence-electron chi connectivity index (χ0n) is 8.84. The molecule has 1 aromatic heterocycles. The standard InChI is InChI=1S/C10H9F3N2O2/c1-6(2)17-9(16)15-8-3-7(4-14-5-8)10(11,12)13/h3-5H,1H2,2H3,(H,15,16). The first-order valence-electron chi connectivity index (χ1n) is 4.45. The summed E-state index contributed by atoms with van der Waals surface area (Å²) in [6.45, 7) is 4.75. The minimum atomic E-state index is -4.51. The van der Waals surface area contributed by atoms with Crippen LogP contribution in [0.4, 0.5) is 23.7 Å². The number of pyridine rings is 1. The number of amides is 1. The highest BCUT2D eigenvalue weighted by molar-refractivity contribution is 5.85. The first kappa shape index (κ1) is 13.0. The highest BCUT2D eigenvalue weighted by Crippen LogP contribution is 2.29. The molecule has 1 amide bonds. The summed E-state index contributed by atoms with van der Waals surface area (Å²) in [7, 11) is 0. The van der Waals surface area contributed by atoms with Gasteiger partial charge in [-0.1, -0.05) is 6.58 Å². The van der Waals surface area contributed by atoms with E-state index in [1.54, 1.807) is 0 Å². The Morgan fingerprint density at radius 3 is 2.65 bits per heavy atom. The van der Waals surface area contributed by atoms with Gasteiger partial charge in [0.15, 0.2) is 0 Å². The Morgan fingerprint density at radius 2 is 2.12 bits per heavy atom. The number of halogens is 3. The smallest absolute Gasteiger partial charge is 0.416 e. The minimum absolute atomic E-state index is 0.105. The fourth-order valence-electron chi connectivity index (χ4n) is 0.965. The molecule has 0 aromatic carbocycles. The molecule has 0 spiro atoms. The number of hydrogen-bond donors (Lipinski definition) is 1. The molecule has 7 heteroatoms. The summed E-state index contributed by atoms with van der Waals surface area (Å²) >= 11 is 0. The fourth-order valence-corrected chi connectivity index (χ4v) is 0.965. The number of aromatic nitrogens is 1. The number of anilines is 1. The van der Waals surface area contributed by atoms with Gasteiger partial charge in [0, 0.05) is 6.20 Å². The normalized spacial score (nSPS) is 10.8. The lowest BCUT2D eigenvalue weighted by molar-refractivity contribution is -0.137. The number of allylic oxidation sites excluding steroid dienone is 1. The Balaban J connectivity index is 2.79. The molecule has 0 aliphatic rings. The summed E-state index contributed by atoms with van der Waals surface area (Å²) in [6, 6.07) is 0.757. The van der Waals surface area contributed by atoms with Gasteiger partial charge in [-0.3, -0.25) is 10.3 Å². The molecular formula is C10H9F3N2O2. The van der Waals surface area contributed by atoms with Crippen molar-refractivity contribution in [1.82, 2.24) is 4.98 Å². The zero-order chi connectivity index (χ0) is 13.1. The Labute approximate surface area is 95.1 Å². The van der Waals surface area contributed by atoms with Gasteiger partial charge in [0.05, 0.1) is 23.2 Å². The number of rotatable bonds is 2. The van der Waals surface area contributed by atoms with Crippen LogP contribution in [-0.4, -0.2) is 11.1 Å². The number of nitrogens with zero attached hydrogens (tertiary/aromatic N) is 1. The SMILES string of the molecule is C=C(C)OC(=O)Nc1cncc(C(F)(F)F)c1. The van der Waals surface area contributed by atoms with Crippen LogP contribution in [0, 0.1) is 0 Å². The number of ether oxygens (including phenoxy) is 1. The Hall–Kier alpha value is -2.05. The largest absolute Gasteiger partial charge is 0.417 e. The maximum Gasteiger partial charge on any atom is 0.417 e. The van der Waals surface area contributed by atoms with E-state index in [1.807, 2.05) is 0 Å². The second kappa shape index (κ2) is 4.86. The molecule has 4 nitrogen and oxygen atoms in total. The van der Waals surface area contributed by atoms with E-state index < -0.39 is 17.8 Å². The maximum atomic E-state index is 12.3. The fraction of sp³-hybridized carbons (Fsp3) is 0.200. The summed E-state index contributed by atoms with van der Waals surface area (Å²) < 4.78 is 41.5. The van der Waals surface area contributed by atoms with E-state index in [1.165, 1.54) is 6.92 Å². The van der Waals surface area contributed by atoms with Crippen molar-refractivity contribution in [2.24, 2.45) is 0 Å². The zero-order valence-corrected chi connectivity index (χ0v) is 8.84. The summed E-state index contributed by atoms with van der Waals surface area (Å²) in [4.78, 5) is 14.5. The molecule has 1 aromatic rings. The van der Waals surface area contributed by atoms with Gasteiger partial charge in [-0.15, -0.1) is 0 Å². The Morgan fingerprint density at radius 1 is 1.47 bits per heavy atom. The van der Waals surface area contributed by atoms with Crippen LogP contribution in [0.3, 0.4) is 0 Å². The summed E-state index contributed by atoms with van der Waals surface area (Å²) in [6.07, 6.45) is -3.69. The molecule has 0 saturated heterocycles. The van der Waals surface area contributed by atoms with E-state index in [2.05, 4.69) is 21.6 Å². The van der Waals surface area contributed by atoms with Gasteiger partial charge in [-0.2, -0.15) is 13.2 Å². The number of nitrogens with one attached hydrogen (secondary N) is 1. The van der Waals surface area contributed by atoms with Crippen LogP contribution in [0.1, 0.15) is 12.5 Å². The third kappa shape index (κ3) is 4.13. The van der Waals surface area contributed by atoms with Crippen molar-refractivity contribution in [1.29, 1.82) is 0 Å². The van der Waals surface area contributed by atoms with Crippen LogP contribution in [0.15, 0.2) is 30.8 Å². The van der Waals surface area contributed by atoms with Crippen molar-refractivity contribution in [3.8, 4) is 0 Å². The molecule has 1 N–H and O–H groups in total. The van der Waals surface area contributed by atoms with E-state index in [9.17, 15) is 18.0 Å². The number of carbonyl (C=O) groups is 1. The molecule has 0 atom stereocenters. The van der Waals surface area contributed by atoms with E-state index in [0.29, 0.717) is 6.20 Å². The van der Waals surface area contributed by atoms with Crippen LogP contribution < -0.4 is 5.32 Å². The summed E-state index contributed by atoms with van der Waals surface area (Å²) in [5.41, 5.74) is -1.06. The van der Waals surface area contributed by atoms with Gasteiger partial charge in [0.2, 0.25) is 0 Å².